The van der Waals surface area contributed by atoms with E-state index < -0.39 is 0 Å². The van der Waals surface area contributed by atoms with Crippen LogP contribution in [0.2, 0.25) is 0 Å². The molecule has 1 unspecified atom stereocenters. The van der Waals surface area contributed by atoms with E-state index in [9.17, 15) is 5.11 Å². The van der Waals surface area contributed by atoms with Crippen LogP contribution in [-0.2, 0) is 11.3 Å². The molecule has 3 N–H and O–H groups in total. The maximum atomic E-state index is 9.39. The van der Waals surface area contributed by atoms with Crippen LogP contribution in [0.5, 0.6) is 5.75 Å². The Balaban J connectivity index is 2.05. The maximum absolute atomic E-state index is 9.39. The minimum Gasteiger partial charge on any atom is -0.488 e. The molecule has 0 amide bonds. The van der Waals surface area contributed by atoms with Gasteiger partial charge in [0.05, 0.1) is 13.2 Å². The average molecular weight is 378 g/mol. The number of hydrogen-bond acceptors (Lipinski definition) is 4. The monoisotopic (exact) mass is 377 g/mol. The van der Waals surface area contributed by atoms with Gasteiger partial charge in [0.25, 0.3) is 0 Å². The summed E-state index contributed by atoms with van der Waals surface area (Å²) in [6, 6.07) is 8.03. The topological polar surface area (TPSA) is 75.1 Å². The molecule has 1 aromatic carbocycles. The zero-order valence-corrected chi connectivity index (χ0v) is 17.2. The molecule has 1 heterocycles. The summed E-state index contributed by atoms with van der Waals surface area (Å²) in [6.45, 7) is 11.9. The van der Waals surface area contributed by atoms with E-state index in [-0.39, 0.29) is 17.6 Å². The SMILES string of the molecule is CCNC(=NCc1ccccc1OC(C)(C)C)NCC1(CCO)CCOC1. The van der Waals surface area contributed by atoms with Crippen LogP contribution in [0.1, 0.15) is 46.1 Å². The molecule has 1 fully saturated rings. The van der Waals surface area contributed by atoms with Crippen molar-refractivity contribution < 1.29 is 14.6 Å². The summed E-state index contributed by atoms with van der Waals surface area (Å²) in [5.74, 6) is 1.64. The van der Waals surface area contributed by atoms with E-state index >= 15 is 0 Å². The number of aliphatic hydroxyl groups is 1. The van der Waals surface area contributed by atoms with Gasteiger partial charge in [0, 0.05) is 37.3 Å². The molecule has 1 saturated heterocycles. The van der Waals surface area contributed by atoms with E-state index in [0.717, 1.165) is 49.8 Å². The van der Waals surface area contributed by atoms with E-state index in [1.165, 1.54) is 0 Å². The van der Waals surface area contributed by atoms with Crippen molar-refractivity contribution in [2.75, 3.05) is 32.9 Å². The molecule has 1 aliphatic heterocycles. The first-order chi connectivity index (χ1) is 12.9. The molecule has 0 aromatic heterocycles. The summed E-state index contributed by atoms with van der Waals surface area (Å²) in [6.07, 6.45) is 1.70. The fourth-order valence-electron chi connectivity index (χ4n) is 3.15. The van der Waals surface area contributed by atoms with Crippen LogP contribution >= 0.6 is 0 Å². The van der Waals surface area contributed by atoms with Crippen LogP contribution in [0.15, 0.2) is 29.3 Å². The standard InChI is InChI=1S/C21H35N3O3/c1-5-22-19(24-15-21(10-12-25)11-13-26-16-21)23-14-17-8-6-7-9-18(17)27-20(2,3)4/h6-9,25H,5,10-16H2,1-4H3,(H2,22,23,24). The summed E-state index contributed by atoms with van der Waals surface area (Å²) >= 11 is 0. The lowest BCUT2D eigenvalue weighted by molar-refractivity contribution is 0.127. The number of guanidine groups is 1. The first-order valence-electron chi connectivity index (χ1n) is 9.85. The van der Waals surface area contributed by atoms with Crippen molar-refractivity contribution in [1.82, 2.24) is 10.6 Å². The molecule has 6 heteroatoms. The van der Waals surface area contributed by atoms with Crippen molar-refractivity contribution in [2.45, 2.75) is 52.7 Å². The molecule has 1 atom stereocenters. The van der Waals surface area contributed by atoms with Gasteiger partial charge in [-0.25, -0.2) is 4.99 Å². The van der Waals surface area contributed by atoms with Gasteiger partial charge in [-0.2, -0.15) is 0 Å². The van der Waals surface area contributed by atoms with Crippen LogP contribution in [0.3, 0.4) is 0 Å². The molecule has 0 saturated carbocycles. The Kier molecular flexibility index (Phi) is 7.92. The molecule has 1 aromatic rings. The lowest BCUT2D eigenvalue weighted by Crippen LogP contribution is -2.44. The normalized spacial score (nSPS) is 20.6. The van der Waals surface area contributed by atoms with Crippen LogP contribution in [0, 0.1) is 5.41 Å². The summed E-state index contributed by atoms with van der Waals surface area (Å²) < 4.78 is 11.6. The summed E-state index contributed by atoms with van der Waals surface area (Å²) in [5, 5.41) is 16.1. The van der Waals surface area contributed by atoms with Gasteiger partial charge in [0.1, 0.15) is 11.4 Å². The molecular formula is C21H35N3O3. The molecule has 0 radical (unpaired) electrons. The molecule has 1 aliphatic rings. The Morgan fingerprint density at radius 2 is 2.07 bits per heavy atom. The van der Waals surface area contributed by atoms with Crippen molar-refractivity contribution >= 4 is 5.96 Å². The Labute approximate surface area is 163 Å². The summed E-state index contributed by atoms with van der Waals surface area (Å²) in [5.41, 5.74) is 0.791. The van der Waals surface area contributed by atoms with Crippen molar-refractivity contribution in [2.24, 2.45) is 10.4 Å². The third-order valence-electron chi connectivity index (χ3n) is 4.60. The fraction of sp³-hybridized carbons (Fsp3) is 0.667. The van der Waals surface area contributed by atoms with Gasteiger partial charge in [-0.3, -0.25) is 0 Å². The van der Waals surface area contributed by atoms with Gasteiger partial charge in [0.15, 0.2) is 5.96 Å². The quantitative estimate of drug-likeness (QED) is 0.480. The highest BCUT2D eigenvalue weighted by molar-refractivity contribution is 5.79. The second-order valence-corrected chi connectivity index (χ2v) is 8.15. The number of aliphatic imine (C=N–C) groups is 1. The van der Waals surface area contributed by atoms with Crippen molar-refractivity contribution in [1.29, 1.82) is 0 Å². The Morgan fingerprint density at radius 3 is 2.70 bits per heavy atom. The Bertz CT molecular complexity index is 605. The van der Waals surface area contributed by atoms with Crippen LogP contribution in [-0.4, -0.2) is 49.6 Å². The fourth-order valence-corrected chi connectivity index (χ4v) is 3.15. The van der Waals surface area contributed by atoms with Gasteiger partial charge >= 0.3 is 0 Å². The molecule has 6 nitrogen and oxygen atoms in total. The Morgan fingerprint density at radius 1 is 1.30 bits per heavy atom. The second-order valence-electron chi connectivity index (χ2n) is 8.15. The van der Waals surface area contributed by atoms with Crippen molar-refractivity contribution in [3.05, 3.63) is 29.8 Å². The molecule has 0 bridgehead atoms. The van der Waals surface area contributed by atoms with Crippen molar-refractivity contribution in [3.63, 3.8) is 0 Å². The number of ether oxygens (including phenoxy) is 2. The third kappa shape index (κ3) is 7.03. The second kappa shape index (κ2) is 9.95. The average Bonchev–Trinajstić information content (AvgIpc) is 3.06. The number of aliphatic hydroxyl groups excluding tert-OH is 1. The minimum absolute atomic E-state index is 0.0157. The maximum Gasteiger partial charge on any atom is 0.191 e. The minimum atomic E-state index is -0.248. The van der Waals surface area contributed by atoms with Crippen LogP contribution in [0.4, 0.5) is 0 Å². The van der Waals surface area contributed by atoms with Gasteiger partial charge in [-0.1, -0.05) is 18.2 Å². The smallest absolute Gasteiger partial charge is 0.191 e. The van der Waals surface area contributed by atoms with Gasteiger partial charge in [0.2, 0.25) is 0 Å². The number of nitrogens with one attached hydrogen (secondary N) is 2. The predicted octanol–water partition coefficient (Wildman–Crippen LogP) is 2.71. The highest BCUT2D eigenvalue weighted by Crippen LogP contribution is 2.31. The van der Waals surface area contributed by atoms with E-state index in [4.69, 9.17) is 14.5 Å². The highest BCUT2D eigenvalue weighted by atomic mass is 16.5. The van der Waals surface area contributed by atoms with Gasteiger partial charge in [-0.05, 0) is 46.6 Å². The van der Waals surface area contributed by atoms with E-state index in [2.05, 4.69) is 17.6 Å². The molecule has 152 valence electrons. The third-order valence-corrected chi connectivity index (χ3v) is 4.60. The molecule has 0 spiro atoms. The summed E-state index contributed by atoms with van der Waals surface area (Å²) in [7, 11) is 0. The van der Waals surface area contributed by atoms with Gasteiger partial charge in [-0.15, -0.1) is 0 Å². The zero-order valence-electron chi connectivity index (χ0n) is 17.2. The number of hydrogen-bond donors (Lipinski definition) is 3. The van der Waals surface area contributed by atoms with Gasteiger partial charge < -0.3 is 25.2 Å². The highest BCUT2D eigenvalue weighted by Gasteiger charge is 2.34. The summed E-state index contributed by atoms with van der Waals surface area (Å²) in [4.78, 5) is 4.74. The van der Waals surface area contributed by atoms with Crippen LogP contribution in [0.25, 0.3) is 0 Å². The van der Waals surface area contributed by atoms with Crippen LogP contribution < -0.4 is 15.4 Å². The lowest BCUT2D eigenvalue weighted by Gasteiger charge is -2.27. The van der Waals surface area contributed by atoms with E-state index in [1.807, 2.05) is 45.0 Å². The Hall–Kier alpha value is -1.79. The molecule has 2 rings (SSSR count). The molecular weight excluding hydrogens is 342 g/mol. The predicted molar refractivity (Wildman–Crippen MR) is 109 cm³/mol. The largest absolute Gasteiger partial charge is 0.488 e. The van der Waals surface area contributed by atoms with E-state index in [0.29, 0.717) is 13.2 Å². The molecule has 0 aliphatic carbocycles. The van der Waals surface area contributed by atoms with Crippen molar-refractivity contribution in [3.8, 4) is 5.75 Å². The molecule has 27 heavy (non-hydrogen) atoms. The number of para-hydroxylation sites is 1. The lowest BCUT2D eigenvalue weighted by atomic mass is 9.84. The first kappa shape index (κ1) is 21.5. The first-order valence-corrected chi connectivity index (χ1v) is 9.85. The van der Waals surface area contributed by atoms with E-state index in [1.54, 1.807) is 0 Å². The number of rotatable bonds is 8. The number of benzene rings is 1. The number of nitrogens with zero attached hydrogens (tertiary/aromatic N) is 1. The zero-order chi connectivity index (χ0) is 19.8.